The van der Waals surface area contributed by atoms with Crippen LogP contribution in [0.15, 0.2) is 35.4 Å². The van der Waals surface area contributed by atoms with E-state index in [1.165, 1.54) is 23.8 Å². The van der Waals surface area contributed by atoms with E-state index in [0.717, 1.165) is 0 Å². The second-order valence-corrected chi connectivity index (χ2v) is 4.24. The zero-order valence-electron chi connectivity index (χ0n) is 11.3. The highest BCUT2D eigenvalue weighted by Gasteiger charge is 2.13. The van der Waals surface area contributed by atoms with E-state index in [0.29, 0.717) is 17.8 Å². The van der Waals surface area contributed by atoms with Crippen LogP contribution in [0.5, 0.6) is 11.6 Å². The van der Waals surface area contributed by atoms with E-state index in [4.69, 9.17) is 10.5 Å². The molecule has 6 nitrogen and oxygen atoms in total. The number of anilines is 1. The summed E-state index contributed by atoms with van der Waals surface area (Å²) < 4.78 is 6.94. The van der Waals surface area contributed by atoms with E-state index in [1.807, 2.05) is 6.92 Å². The van der Waals surface area contributed by atoms with Gasteiger partial charge in [0.15, 0.2) is 5.78 Å². The number of nitrogens with two attached hydrogens (primary N) is 1. The summed E-state index contributed by atoms with van der Waals surface area (Å²) in [4.78, 5) is 27.5. The van der Waals surface area contributed by atoms with Crippen molar-refractivity contribution in [3.8, 4) is 11.6 Å². The number of hydrogen-bond donors (Lipinski definition) is 1. The third-order valence-electron chi connectivity index (χ3n) is 2.81. The largest absolute Gasteiger partial charge is 0.434 e. The Bertz CT molecular complexity index is 707. The molecule has 1 aromatic heterocycles. The lowest BCUT2D eigenvalue weighted by molar-refractivity contribution is 0.101. The van der Waals surface area contributed by atoms with Crippen LogP contribution >= 0.6 is 0 Å². The predicted molar refractivity (Wildman–Crippen MR) is 75.1 cm³/mol. The second-order valence-electron chi connectivity index (χ2n) is 4.24. The van der Waals surface area contributed by atoms with Gasteiger partial charge in [-0.3, -0.25) is 9.59 Å². The van der Waals surface area contributed by atoms with Crippen molar-refractivity contribution in [1.29, 1.82) is 0 Å². The van der Waals surface area contributed by atoms with E-state index in [2.05, 4.69) is 4.98 Å². The Hall–Kier alpha value is -2.63. The molecule has 0 unspecified atom stereocenters. The van der Waals surface area contributed by atoms with Crippen LogP contribution in [0.2, 0.25) is 0 Å². The van der Waals surface area contributed by atoms with Gasteiger partial charge in [0.2, 0.25) is 0 Å². The minimum absolute atomic E-state index is 0.0679. The Morgan fingerprint density at radius 3 is 2.85 bits per heavy atom. The first-order chi connectivity index (χ1) is 9.52. The number of benzene rings is 1. The van der Waals surface area contributed by atoms with Gasteiger partial charge in [-0.25, -0.2) is 4.98 Å². The molecule has 0 aliphatic rings. The average Bonchev–Trinajstić information content (AvgIpc) is 2.42. The molecule has 0 saturated carbocycles. The van der Waals surface area contributed by atoms with Crippen LogP contribution in [-0.4, -0.2) is 15.3 Å². The van der Waals surface area contributed by atoms with Crippen LogP contribution in [0.4, 0.5) is 5.69 Å². The Morgan fingerprint density at radius 1 is 1.45 bits per heavy atom. The van der Waals surface area contributed by atoms with Gasteiger partial charge >= 0.3 is 5.56 Å². The molecule has 1 aromatic carbocycles. The molecule has 0 aliphatic heterocycles. The molecule has 0 aliphatic carbocycles. The molecular formula is C14H15N3O3. The molecule has 20 heavy (non-hydrogen) atoms. The summed E-state index contributed by atoms with van der Waals surface area (Å²) in [7, 11) is 0. The van der Waals surface area contributed by atoms with Crippen molar-refractivity contribution >= 4 is 11.5 Å². The maximum absolute atomic E-state index is 12.0. The van der Waals surface area contributed by atoms with Gasteiger partial charge in [-0.15, -0.1) is 0 Å². The first kappa shape index (κ1) is 13.8. The van der Waals surface area contributed by atoms with Gasteiger partial charge in [-0.1, -0.05) is 0 Å². The molecular weight excluding hydrogens is 258 g/mol. The Balaban J connectivity index is 2.45. The minimum Gasteiger partial charge on any atom is -0.434 e. The fraction of sp³-hybridized carbons (Fsp3) is 0.214. The molecule has 0 bridgehead atoms. The van der Waals surface area contributed by atoms with Crippen LogP contribution in [0.25, 0.3) is 0 Å². The average molecular weight is 273 g/mol. The number of carbonyl (C=O) groups excluding carboxylic acids is 1. The number of Topliss-reactive ketones (excluding diaryl/α,β-unsaturated/α-hetero) is 1. The number of ketones is 1. The molecule has 0 atom stereocenters. The number of carbonyl (C=O) groups is 1. The Kier molecular flexibility index (Phi) is 3.84. The maximum atomic E-state index is 12.0. The summed E-state index contributed by atoms with van der Waals surface area (Å²) >= 11 is 0. The second kappa shape index (κ2) is 5.56. The summed E-state index contributed by atoms with van der Waals surface area (Å²) in [6.45, 7) is 3.76. The van der Waals surface area contributed by atoms with Crippen molar-refractivity contribution in [2.45, 2.75) is 20.4 Å². The zero-order valence-corrected chi connectivity index (χ0v) is 11.3. The third-order valence-corrected chi connectivity index (χ3v) is 2.81. The van der Waals surface area contributed by atoms with Crippen molar-refractivity contribution in [2.75, 3.05) is 5.73 Å². The summed E-state index contributed by atoms with van der Waals surface area (Å²) in [5.41, 5.74) is 6.07. The van der Waals surface area contributed by atoms with Crippen LogP contribution in [-0.2, 0) is 6.54 Å². The summed E-state index contributed by atoms with van der Waals surface area (Å²) in [5.74, 6) is 0.00539. The van der Waals surface area contributed by atoms with E-state index in [1.54, 1.807) is 18.3 Å². The standard InChI is InChI=1S/C14H15N3O3/c1-3-17-7-6-16-13(14(17)19)20-12-5-4-10(15)8-11(12)9(2)18/h4-8H,3,15H2,1-2H3. The van der Waals surface area contributed by atoms with Crippen LogP contribution in [0, 0.1) is 0 Å². The zero-order chi connectivity index (χ0) is 14.7. The van der Waals surface area contributed by atoms with Gasteiger partial charge in [0.25, 0.3) is 5.88 Å². The fourth-order valence-corrected chi connectivity index (χ4v) is 1.76. The highest BCUT2D eigenvalue weighted by molar-refractivity contribution is 5.97. The quantitative estimate of drug-likeness (QED) is 0.678. The summed E-state index contributed by atoms with van der Waals surface area (Å²) in [6, 6.07) is 4.67. The molecule has 0 amide bonds. The highest BCUT2D eigenvalue weighted by Crippen LogP contribution is 2.25. The molecule has 0 spiro atoms. The van der Waals surface area contributed by atoms with Crippen LogP contribution in [0.3, 0.4) is 0 Å². The van der Waals surface area contributed by atoms with E-state index in [9.17, 15) is 9.59 Å². The normalized spacial score (nSPS) is 10.3. The van der Waals surface area contributed by atoms with Gasteiger partial charge in [0, 0.05) is 24.6 Å². The van der Waals surface area contributed by atoms with Gasteiger partial charge in [-0.2, -0.15) is 0 Å². The SMILES string of the molecule is CCn1ccnc(Oc2ccc(N)cc2C(C)=O)c1=O. The van der Waals surface area contributed by atoms with Crippen LogP contribution in [0.1, 0.15) is 24.2 Å². The monoisotopic (exact) mass is 273 g/mol. The van der Waals surface area contributed by atoms with E-state index in [-0.39, 0.29) is 23.0 Å². The van der Waals surface area contributed by atoms with Crippen molar-refractivity contribution in [3.05, 3.63) is 46.5 Å². The molecule has 6 heteroatoms. The number of nitrogens with zero attached hydrogens (tertiary/aromatic N) is 2. The molecule has 0 saturated heterocycles. The molecule has 2 N–H and O–H groups in total. The molecule has 0 fully saturated rings. The van der Waals surface area contributed by atoms with Crippen molar-refractivity contribution in [3.63, 3.8) is 0 Å². The number of aromatic nitrogens is 2. The summed E-state index contributed by atoms with van der Waals surface area (Å²) in [5, 5.41) is 0. The Labute approximate surface area is 115 Å². The number of ether oxygens (including phenoxy) is 1. The molecule has 0 radical (unpaired) electrons. The van der Waals surface area contributed by atoms with Crippen molar-refractivity contribution < 1.29 is 9.53 Å². The fourth-order valence-electron chi connectivity index (χ4n) is 1.76. The first-order valence-corrected chi connectivity index (χ1v) is 6.16. The van der Waals surface area contributed by atoms with E-state index >= 15 is 0 Å². The maximum Gasteiger partial charge on any atom is 0.313 e. The topological polar surface area (TPSA) is 87.2 Å². The molecule has 104 valence electrons. The van der Waals surface area contributed by atoms with Gasteiger partial charge in [0.05, 0.1) is 5.56 Å². The minimum atomic E-state index is -0.346. The number of rotatable bonds is 4. The molecule has 1 heterocycles. The van der Waals surface area contributed by atoms with Gasteiger partial charge < -0.3 is 15.0 Å². The highest BCUT2D eigenvalue weighted by atomic mass is 16.5. The molecule has 2 rings (SSSR count). The lowest BCUT2D eigenvalue weighted by atomic mass is 10.1. The first-order valence-electron chi connectivity index (χ1n) is 6.16. The number of aryl methyl sites for hydroxylation is 1. The number of nitrogen functional groups attached to an aromatic ring is 1. The third kappa shape index (κ3) is 2.69. The lowest BCUT2D eigenvalue weighted by Gasteiger charge is -2.10. The van der Waals surface area contributed by atoms with E-state index < -0.39 is 0 Å². The number of hydrogen-bond acceptors (Lipinski definition) is 5. The molecule has 2 aromatic rings. The van der Waals surface area contributed by atoms with Crippen molar-refractivity contribution in [2.24, 2.45) is 0 Å². The van der Waals surface area contributed by atoms with Gasteiger partial charge in [0.1, 0.15) is 5.75 Å². The lowest BCUT2D eigenvalue weighted by Crippen LogP contribution is -2.20. The predicted octanol–water partition coefficient (Wildman–Crippen LogP) is 1.84. The van der Waals surface area contributed by atoms with Crippen LogP contribution < -0.4 is 16.0 Å². The summed E-state index contributed by atoms with van der Waals surface area (Å²) in [6.07, 6.45) is 3.05. The Morgan fingerprint density at radius 2 is 2.20 bits per heavy atom. The van der Waals surface area contributed by atoms with Gasteiger partial charge in [-0.05, 0) is 32.0 Å². The van der Waals surface area contributed by atoms with Crippen molar-refractivity contribution in [1.82, 2.24) is 9.55 Å². The smallest absolute Gasteiger partial charge is 0.313 e.